The predicted octanol–water partition coefficient (Wildman–Crippen LogP) is 2.76. The summed E-state index contributed by atoms with van der Waals surface area (Å²) in [5.41, 5.74) is 1.82. The first-order chi connectivity index (χ1) is 9.63. The fraction of sp³-hybridized carbons (Fsp3) is 0.500. The van der Waals surface area contributed by atoms with Crippen LogP contribution in [-0.2, 0) is 0 Å². The van der Waals surface area contributed by atoms with E-state index < -0.39 is 0 Å². The minimum Gasteiger partial charge on any atom is -0.338 e. The van der Waals surface area contributed by atoms with Crippen molar-refractivity contribution in [2.24, 2.45) is 0 Å². The van der Waals surface area contributed by atoms with Crippen molar-refractivity contribution in [2.45, 2.75) is 39.2 Å². The van der Waals surface area contributed by atoms with Crippen LogP contribution in [0.1, 0.15) is 42.1 Å². The van der Waals surface area contributed by atoms with Crippen LogP contribution < -0.4 is 5.32 Å². The minimum absolute atomic E-state index is 0.0501. The van der Waals surface area contributed by atoms with E-state index >= 15 is 0 Å². The number of carbonyl (C=O) groups is 2. The molecule has 20 heavy (non-hydrogen) atoms. The minimum atomic E-state index is -0.311. The maximum Gasteiger partial charge on any atom is 0.318 e. The molecule has 2 rings (SSSR count). The number of benzene rings is 1. The molecule has 4 nitrogen and oxygen atoms in total. The standard InChI is InChI=1S/C16H22N2O2/c1-3-10-17-16(20)18-11-4-5-14(18)15(19)13-8-6-12(2)7-9-13/h6-9,14H,3-5,10-11H2,1-2H3,(H,17,20). The molecule has 1 fully saturated rings. The van der Waals surface area contributed by atoms with Crippen molar-refractivity contribution in [1.29, 1.82) is 0 Å². The zero-order valence-electron chi connectivity index (χ0n) is 12.2. The Morgan fingerprint density at radius 1 is 1.30 bits per heavy atom. The third-order valence-corrected chi connectivity index (χ3v) is 3.68. The van der Waals surface area contributed by atoms with Gasteiger partial charge in [0.05, 0.1) is 6.04 Å². The zero-order chi connectivity index (χ0) is 14.5. The largest absolute Gasteiger partial charge is 0.338 e. The van der Waals surface area contributed by atoms with Gasteiger partial charge in [0.15, 0.2) is 5.78 Å². The summed E-state index contributed by atoms with van der Waals surface area (Å²) in [6, 6.07) is 7.13. The Hall–Kier alpha value is -1.84. The Morgan fingerprint density at radius 2 is 2.00 bits per heavy atom. The van der Waals surface area contributed by atoms with Crippen LogP contribution in [-0.4, -0.2) is 35.8 Å². The molecule has 1 atom stereocenters. The van der Waals surface area contributed by atoms with Crippen LogP contribution in [0.15, 0.2) is 24.3 Å². The summed E-state index contributed by atoms with van der Waals surface area (Å²) in [5.74, 6) is 0.0501. The van der Waals surface area contributed by atoms with Gasteiger partial charge in [0.2, 0.25) is 0 Å². The second kappa shape index (κ2) is 6.55. The van der Waals surface area contributed by atoms with Crippen molar-refractivity contribution in [3.05, 3.63) is 35.4 Å². The predicted molar refractivity (Wildman–Crippen MR) is 78.9 cm³/mol. The summed E-state index contributed by atoms with van der Waals surface area (Å²) in [4.78, 5) is 26.3. The number of hydrogen-bond donors (Lipinski definition) is 1. The molecular weight excluding hydrogens is 252 g/mol. The highest BCUT2D eigenvalue weighted by Crippen LogP contribution is 2.21. The SMILES string of the molecule is CCCNC(=O)N1CCCC1C(=O)c1ccc(C)cc1. The highest BCUT2D eigenvalue weighted by atomic mass is 16.2. The highest BCUT2D eigenvalue weighted by Gasteiger charge is 2.34. The number of amides is 2. The maximum absolute atomic E-state index is 12.5. The van der Waals surface area contributed by atoms with Crippen LogP contribution in [0.3, 0.4) is 0 Å². The summed E-state index contributed by atoms with van der Waals surface area (Å²) in [6.45, 7) is 5.33. The van der Waals surface area contributed by atoms with Crippen molar-refractivity contribution in [3.8, 4) is 0 Å². The van der Waals surface area contributed by atoms with E-state index in [1.807, 2.05) is 38.1 Å². The van der Waals surface area contributed by atoms with Gasteiger partial charge in [-0.05, 0) is 26.2 Å². The molecule has 0 aromatic heterocycles. The number of nitrogens with zero attached hydrogens (tertiary/aromatic N) is 1. The van der Waals surface area contributed by atoms with Crippen LogP contribution in [0.4, 0.5) is 4.79 Å². The number of carbonyl (C=O) groups excluding carboxylic acids is 2. The van der Waals surface area contributed by atoms with Gasteiger partial charge in [0.25, 0.3) is 0 Å². The van der Waals surface area contributed by atoms with Gasteiger partial charge in [-0.25, -0.2) is 4.79 Å². The van der Waals surface area contributed by atoms with Gasteiger partial charge in [-0.15, -0.1) is 0 Å². The quantitative estimate of drug-likeness (QED) is 0.858. The number of Topliss-reactive ketones (excluding diaryl/α,β-unsaturated/α-hetero) is 1. The fourth-order valence-corrected chi connectivity index (χ4v) is 2.53. The van der Waals surface area contributed by atoms with Crippen molar-refractivity contribution in [3.63, 3.8) is 0 Å². The van der Waals surface area contributed by atoms with E-state index in [9.17, 15) is 9.59 Å². The van der Waals surface area contributed by atoms with E-state index in [1.165, 1.54) is 0 Å². The number of likely N-dealkylation sites (tertiary alicyclic amines) is 1. The first-order valence-corrected chi connectivity index (χ1v) is 7.29. The van der Waals surface area contributed by atoms with Crippen molar-refractivity contribution >= 4 is 11.8 Å². The van der Waals surface area contributed by atoms with Crippen molar-refractivity contribution in [1.82, 2.24) is 10.2 Å². The molecule has 1 aliphatic rings. The Balaban J connectivity index is 2.08. The average Bonchev–Trinajstić information content (AvgIpc) is 2.94. The first-order valence-electron chi connectivity index (χ1n) is 7.29. The third kappa shape index (κ3) is 3.18. The van der Waals surface area contributed by atoms with Crippen LogP contribution >= 0.6 is 0 Å². The normalized spacial score (nSPS) is 18.1. The topological polar surface area (TPSA) is 49.4 Å². The molecule has 108 valence electrons. The zero-order valence-corrected chi connectivity index (χ0v) is 12.2. The molecule has 1 aliphatic heterocycles. The number of nitrogens with one attached hydrogen (secondary N) is 1. The number of aryl methyl sites for hydroxylation is 1. The van der Waals surface area contributed by atoms with Crippen LogP contribution in [0.25, 0.3) is 0 Å². The second-order valence-electron chi connectivity index (χ2n) is 5.31. The smallest absolute Gasteiger partial charge is 0.318 e. The summed E-state index contributed by atoms with van der Waals surface area (Å²) < 4.78 is 0. The van der Waals surface area contributed by atoms with Crippen LogP contribution in [0, 0.1) is 6.92 Å². The first kappa shape index (κ1) is 14.6. The summed E-state index contributed by atoms with van der Waals surface area (Å²) in [6.07, 6.45) is 2.55. The molecule has 4 heteroatoms. The van der Waals surface area contributed by atoms with E-state index in [-0.39, 0.29) is 17.9 Å². The Labute approximate surface area is 120 Å². The lowest BCUT2D eigenvalue weighted by Crippen LogP contribution is -2.46. The van der Waals surface area contributed by atoms with Crippen molar-refractivity contribution < 1.29 is 9.59 Å². The summed E-state index contributed by atoms with van der Waals surface area (Å²) in [5, 5.41) is 2.85. The molecule has 2 amide bonds. The fourth-order valence-electron chi connectivity index (χ4n) is 2.53. The van der Waals surface area contributed by atoms with Gasteiger partial charge >= 0.3 is 6.03 Å². The van der Waals surface area contributed by atoms with Gasteiger partial charge in [-0.2, -0.15) is 0 Å². The molecule has 1 saturated heterocycles. The molecule has 1 heterocycles. The highest BCUT2D eigenvalue weighted by molar-refractivity contribution is 6.02. The van der Waals surface area contributed by atoms with Gasteiger partial charge in [0.1, 0.15) is 0 Å². The lowest BCUT2D eigenvalue weighted by Gasteiger charge is -2.24. The second-order valence-corrected chi connectivity index (χ2v) is 5.31. The monoisotopic (exact) mass is 274 g/mol. The molecule has 0 radical (unpaired) electrons. The van der Waals surface area contributed by atoms with E-state index in [2.05, 4.69) is 5.32 Å². The Kier molecular flexibility index (Phi) is 4.77. The molecule has 0 saturated carbocycles. The average molecular weight is 274 g/mol. The lowest BCUT2D eigenvalue weighted by molar-refractivity contribution is 0.0887. The van der Waals surface area contributed by atoms with Gasteiger partial charge in [0, 0.05) is 18.7 Å². The number of urea groups is 1. The number of rotatable bonds is 4. The number of hydrogen-bond acceptors (Lipinski definition) is 2. The van der Waals surface area contributed by atoms with Crippen molar-refractivity contribution in [2.75, 3.05) is 13.1 Å². The van der Waals surface area contributed by atoms with E-state index in [0.29, 0.717) is 18.7 Å². The third-order valence-electron chi connectivity index (χ3n) is 3.68. The molecule has 0 aliphatic carbocycles. The van der Waals surface area contributed by atoms with Crippen LogP contribution in [0.2, 0.25) is 0 Å². The molecule has 0 bridgehead atoms. The van der Waals surface area contributed by atoms with Gasteiger partial charge in [-0.3, -0.25) is 4.79 Å². The summed E-state index contributed by atoms with van der Waals surface area (Å²) >= 11 is 0. The Bertz CT molecular complexity index is 482. The maximum atomic E-state index is 12.5. The van der Waals surface area contributed by atoms with Gasteiger partial charge < -0.3 is 10.2 Å². The lowest BCUT2D eigenvalue weighted by atomic mass is 10.0. The van der Waals surface area contributed by atoms with Crippen LogP contribution in [0.5, 0.6) is 0 Å². The molecule has 1 aromatic carbocycles. The molecule has 0 spiro atoms. The van der Waals surface area contributed by atoms with E-state index in [0.717, 1.165) is 24.8 Å². The molecule has 1 N–H and O–H groups in total. The Morgan fingerprint density at radius 3 is 2.65 bits per heavy atom. The summed E-state index contributed by atoms with van der Waals surface area (Å²) in [7, 11) is 0. The molecule has 1 aromatic rings. The molecule has 1 unspecified atom stereocenters. The van der Waals surface area contributed by atoms with E-state index in [4.69, 9.17) is 0 Å². The van der Waals surface area contributed by atoms with Gasteiger partial charge in [-0.1, -0.05) is 36.8 Å². The number of ketones is 1. The van der Waals surface area contributed by atoms with E-state index in [1.54, 1.807) is 4.90 Å². The molecular formula is C16H22N2O2.